The topological polar surface area (TPSA) is 80.3 Å². The zero-order valence-corrected chi connectivity index (χ0v) is 16.4. The lowest BCUT2D eigenvalue weighted by molar-refractivity contribution is -0.223. The van der Waals surface area contributed by atoms with Crippen LogP contribution in [0.1, 0.15) is 15.9 Å². The second kappa shape index (κ2) is 10.2. The summed E-state index contributed by atoms with van der Waals surface area (Å²) in [6.07, 6.45) is -3.24. The van der Waals surface area contributed by atoms with Crippen molar-refractivity contribution in [1.82, 2.24) is 0 Å². The number of hydrogen-bond acceptors (Lipinski definition) is 7. The summed E-state index contributed by atoms with van der Waals surface area (Å²) in [7, 11) is 2.73. The first-order valence-corrected chi connectivity index (χ1v) is 9.27. The molecule has 2 aromatic rings. The highest BCUT2D eigenvalue weighted by molar-refractivity contribution is 5.89. The first-order chi connectivity index (χ1) is 14.1. The van der Waals surface area contributed by atoms with Gasteiger partial charge in [0.25, 0.3) is 0 Å². The van der Waals surface area contributed by atoms with Crippen molar-refractivity contribution in [3.8, 4) is 0 Å². The summed E-state index contributed by atoms with van der Waals surface area (Å²) in [5, 5.41) is 0. The maximum atomic E-state index is 12.5. The van der Waals surface area contributed by atoms with Crippen molar-refractivity contribution in [1.29, 1.82) is 0 Å². The Morgan fingerprint density at radius 2 is 1.62 bits per heavy atom. The van der Waals surface area contributed by atoms with Crippen LogP contribution in [0.15, 0.2) is 60.7 Å². The van der Waals surface area contributed by atoms with Crippen molar-refractivity contribution in [2.45, 2.75) is 31.0 Å². The molecule has 1 heterocycles. The summed E-state index contributed by atoms with van der Waals surface area (Å²) in [6.45, 7) is 0.246. The molecule has 0 aliphatic carbocycles. The molecule has 0 aromatic heterocycles. The minimum atomic E-state index is -0.975. The van der Waals surface area contributed by atoms with Gasteiger partial charge in [0.05, 0.1) is 25.9 Å². The van der Waals surface area contributed by atoms with E-state index in [4.69, 9.17) is 23.7 Å². The van der Waals surface area contributed by atoms with Gasteiger partial charge < -0.3 is 23.7 Å². The second-order valence-electron chi connectivity index (χ2n) is 6.55. The molecule has 0 spiro atoms. The summed E-state index contributed by atoms with van der Waals surface area (Å²) in [4.78, 5) is 24.6. The minimum absolute atomic E-state index is 0.0162. The molecule has 4 unspecified atom stereocenters. The van der Waals surface area contributed by atoms with E-state index in [9.17, 15) is 9.59 Å². The molecule has 7 heteroatoms. The van der Waals surface area contributed by atoms with E-state index in [1.807, 2.05) is 36.4 Å². The van der Waals surface area contributed by atoms with E-state index in [2.05, 4.69) is 0 Å². The number of ether oxygens (including phenoxy) is 5. The molecule has 4 atom stereocenters. The van der Waals surface area contributed by atoms with E-state index in [-0.39, 0.29) is 13.2 Å². The highest BCUT2D eigenvalue weighted by atomic mass is 16.6. The lowest BCUT2D eigenvalue weighted by Crippen LogP contribution is -2.58. The number of carbonyl (C=O) groups is 2. The molecular formula is C22H24O7. The third kappa shape index (κ3) is 5.20. The molecule has 0 N–H and O–H groups in total. The Balaban J connectivity index is 1.78. The van der Waals surface area contributed by atoms with Crippen LogP contribution in [-0.4, -0.2) is 57.2 Å². The molecule has 0 bridgehead atoms. The Hall–Kier alpha value is -2.74. The van der Waals surface area contributed by atoms with E-state index < -0.39 is 36.4 Å². The number of esters is 2. The summed E-state index contributed by atoms with van der Waals surface area (Å²) in [5.41, 5.74) is 1.36. The number of carbonyl (C=O) groups excluding carboxylic acids is 2. The van der Waals surface area contributed by atoms with Crippen LogP contribution < -0.4 is 0 Å². The van der Waals surface area contributed by atoms with Crippen LogP contribution in [0.3, 0.4) is 0 Å². The molecule has 7 nitrogen and oxygen atoms in total. The fourth-order valence-electron chi connectivity index (χ4n) is 3.20. The van der Waals surface area contributed by atoms with Gasteiger partial charge in [0, 0.05) is 7.11 Å². The fraction of sp³-hybridized carbons (Fsp3) is 0.364. The number of benzene rings is 2. The lowest BCUT2D eigenvalue weighted by Gasteiger charge is -2.40. The monoisotopic (exact) mass is 400 g/mol. The molecule has 3 rings (SSSR count). The van der Waals surface area contributed by atoms with Crippen LogP contribution in [0.5, 0.6) is 0 Å². The molecule has 154 valence electrons. The van der Waals surface area contributed by atoms with Crippen molar-refractivity contribution in [2.24, 2.45) is 0 Å². The zero-order chi connectivity index (χ0) is 20.6. The highest BCUT2D eigenvalue weighted by Crippen LogP contribution is 2.26. The molecule has 0 saturated carbocycles. The molecule has 1 fully saturated rings. The van der Waals surface area contributed by atoms with Gasteiger partial charge in [-0.1, -0.05) is 48.5 Å². The lowest BCUT2D eigenvalue weighted by atomic mass is 9.99. The van der Waals surface area contributed by atoms with Crippen LogP contribution in [0.2, 0.25) is 0 Å². The zero-order valence-electron chi connectivity index (χ0n) is 16.4. The largest absolute Gasteiger partial charge is 0.467 e. The molecular weight excluding hydrogens is 376 g/mol. The molecule has 1 saturated heterocycles. The summed E-state index contributed by atoms with van der Waals surface area (Å²) in [5.74, 6) is -1.07. The van der Waals surface area contributed by atoms with Crippen LogP contribution >= 0.6 is 0 Å². The molecule has 29 heavy (non-hydrogen) atoms. The van der Waals surface area contributed by atoms with Gasteiger partial charge in [-0.05, 0) is 17.7 Å². The molecule has 0 radical (unpaired) electrons. The van der Waals surface area contributed by atoms with Crippen molar-refractivity contribution < 1.29 is 33.3 Å². The Morgan fingerprint density at radius 3 is 2.24 bits per heavy atom. The van der Waals surface area contributed by atoms with Crippen molar-refractivity contribution >= 4 is 11.9 Å². The number of methoxy groups -OCH3 is 2. The van der Waals surface area contributed by atoms with Crippen LogP contribution in [0.4, 0.5) is 0 Å². The predicted octanol–water partition coefficient (Wildman–Crippen LogP) is 2.38. The minimum Gasteiger partial charge on any atom is -0.467 e. The van der Waals surface area contributed by atoms with Crippen LogP contribution in [0.25, 0.3) is 0 Å². The first kappa shape index (κ1) is 21.0. The second-order valence-corrected chi connectivity index (χ2v) is 6.55. The number of hydrogen-bond donors (Lipinski definition) is 0. The van der Waals surface area contributed by atoms with E-state index >= 15 is 0 Å². The average molecular weight is 400 g/mol. The maximum Gasteiger partial charge on any atom is 0.338 e. The van der Waals surface area contributed by atoms with Crippen molar-refractivity contribution in [3.05, 3.63) is 71.8 Å². The van der Waals surface area contributed by atoms with Gasteiger partial charge in [0.15, 0.2) is 12.2 Å². The Morgan fingerprint density at radius 1 is 0.966 bits per heavy atom. The van der Waals surface area contributed by atoms with Gasteiger partial charge in [-0.25, -0.2) is 9.59 Å². The van der Waals surface area contributed by atoms with Crippen molar-refractivity contribution in [2.75, 3.05) is 20.8 Å². The van der Waals surface area contributed by atoms with Gasteiger partial charge in [-0.15, -0.1) is 0 Å². The molecule has 2 aromatic carbocycles. The summed E-state index contributed by atoms with van der Waals surface area (Å²) < 4.78 is 27.6. The molecule has 1 aliphatic rings. The highest BCUT2D eigenvalue weighted by Gasteiger charge is 2.47. The average Bonchev–Trinajstić information content (AvgIpc) is 2.78. The van der Waals surface area contributed by atoms with E-state index in [0.717, 1.165) is 5.56 Å². The van der Waals surface area contributed by atoms with E-state index in [0.29, 0.717) is 5.56 Å². The van der Waals surface area contributed by atoms with Gasteiger partial charge in [-0.3, -0.25) is 0 Å². The standard InChI is InChI=1S/C22H24O7/c1-25-19-18(27-13-15-9-5-3-6-10-15)17(14-28-20(19)22(24)26-2)29-21(23)16-11-7-4-8-12-16/h3-12,17-20H,13-14H2,1-2H3. The van der Waals surface area contributed by atoms with Gasteiger partial charge >= 0.3 is 11.9 Å². The quantitative estimate of drug-likeness (QED) is 0.660. The van der Waals surface area contributed by atoms with Gasteiger partial charge in [0.2, 0.25) is 0 Å². The van der Waals surface area contributed by atoms with Crippen molar-refractivity contribution in [3.63, 3.8) is 0 Å². The van der Waals surface area contributed by atoms with E-state index in [1.54, 1.807) is 24.3 Å². The molecule has 0 amide bonds. The van der Waals surface area contributed by atoms with Crippen LogP contribution in [0, 0.1) is 0 Å². The van der Waals surface area contributed by atoms with Gasteiger partial charge in [0.1, 0.15) is 12.2 Å². The Bertz CT molecular complexity index is 793. The summed E-state index contributed by atoms with van der Waals surface area (Å²) >= 11 is 0. The number of rotatable bonds is 7. The smallest absolute Gasteiger partial charge is 0.338 e. The normalized spacial score (nSPS) is 23.9. The SMILES string of the molecule is COC(=O)C1OCC(OC(=O)c2ccccc2)C(OCc2ccccc2)C1OC. The van der Waals surface area contributed by atoms with Crippen LogP contribution in [-0.2, 0) is 35.1 Å². The third-order valence-corrected chi connectivity index (χ3v) is 4.69. The fourth-order valence-corrected chi connectivity index (χ4v) is 3.20. The Kier molecular flexibility index (Phi) is 7.35. The third-order valence-electron chi connectivity index (χ3n) is 4.69. The molecule has 1 aliphatic heterocycles. The predicted molar refractivity (Wildman–Crippen MR) is 103 cm³/mol. The van der Waals surface area contributed by atoms with E-state index in [1.165, 1.54) is 14.2 Å². The first-order valence-electron chi connectivity index (χ1n) is 9.27. The maximum absolute atomic E-state index is 12.5. The summed E-state index contributed by atoms with van der Waals surface area (Å²) in [6, 6.07) is 18.2. The van der Waals surface area contributed by atoms with Gasteiger partial charge in [-0.2, -0.15) is 0 Å². The Labute approximate surface area is 169 Å².